The summed E-state index contributed by atoms with van der Waals surface area (Å²) in [4.78, 5) is 7.95. The zero-order valence-electron chi connectivity index (χ0n) is 8.45. The summed E-state index contributed by atoms with van der Waals surface area (Å²) in [5.41, 5.74) is 1.17. The van der Waals surface area contributed by atoms with Crippen molar-refractivity contribution in [3.8, 4) is 0 Å². The van der Waals surface area contributed by atoms with Crippen molar-refractivity contribution in [1.29, 1.82) is 0 Å². The zero-order chi connectivity index (χ0) is 9.64. The van der Waals surface area contributed by atoms with Gasteiger partial charge in [0.1, 0.15) is 6.33 Å². The van der Waals surface area contributed by atoms with Crippen LogP contribution < -0.4 is 5.32 Å². The molecule has 1 fully saturated rings. The molecule has 0 unspecified atom stereocenters. The van der Waals surface area contributed by atoms with Gasteiger partial charge < -0.3 is 5.32 Å². The number of rotatable bonds is 5. The number of aromatic nitrogens is 2. The van der Waals surface area contributed by atoms with Gasteiger partial charge in [0.2, 0.25) is 0 Å². The molecular weight excluding hydrogens is 174 g/mol. The van der Waals surface area contributed by atoms with Gasteiger partial charge in [-0.15, -0.1) is 0 Å². The molecule has 1 heterocycles. The summed E-state index contributed by atoms with van der Waals surface area (Å²) in [6.45, 7) is 2.02. The normalized spacial score (nSPS) is 16.6. The molecule has 14 heavy (non-hydrogen) atoms. The summed E-state index contributed by atoms with van der Waals surface area (Å²) < 4.78 is 0. The SMILES string of the molecule is c1ncc(CNCCC2CCC2)cn1. The number of nitrogens with one attached hydrogen (secondary N) is 1. The van der Waals surface area contributed by atoms with Crippen LogP contribution in [0.15, 0.2) is 18.7 Å². The molecule has 1 aromatic heterocycles. The second-order valence-electron chi connectivity index (χ2n) is 4.01. The van der Waals surface area contributed by atoms with Gasteiger partial charge >= 0.3 is 0 Å². The van der Waals surface area contributed by atoms with Crippen molar-refractivity contribution in [2.24, 2.45) is 5.92 Å². The lowest BCUT2D eigenvalue weighted by Crippen LogP contribution is -2.21. The van der Waals surface area contributed by atoms with Crippen molar-refractivity contribution < 1.29 is 0 Å². The van der Waals surface area contributed by atoms with E-state index in [1.54, 1.807) is 6.33 Å². The number of hydrogen-bond acceptors (Lipinski definition) is 3. The number of nitrogens with zero attached hydrogens (tertiary/aromatic N) is 2. The van der Waals surface area contributed by atoms with Crippen LogP contribution >= 0.6 is 0 Å². The Labute approximate surface area is 85.0 Å². The van der Waals surface area contributed by atoms with Gasteiger partial charge in [-0.3, -0.25) is 0 Å². The maximum atomic E-state index is 3.97. The molecule has 0 spiro atoms. The molecular formula is C11H17N3. The summed E-state index contributed by atoms with van der Waals surface area (Å²) in [5.74, 6) is 0.995. The van der Waals surface area contributed by atoms with Gasteiger partial charge in [0, 0.05) is 24.5 Å². The fraction of sp³-hybridized carbons (Fsp3) is 0.636. The van der Waals surface area contributed by atoms with Gasteiger partial charge in [-0.2, -0.15) is 0 Å². The minimum Gasteiger partial charge on any atom is -0.313 e. The molecule has 2 rings (SSSR count). The van der Waals surface area contributed by atoms with Crippen molar-refractivity contribution in [3.05, 3.63) is 24.3 Å². The minimum atomic E-state index is 0.896. The van der Waals surface area contributed by atoms with Crippen molar-refractivity contribution >= 4 is 0 Å². The molecule has 3 heteroatoms. The zero-order valence-corrected chi connectivity index (χ0v) is 8.45. The molecule has 0 radical (unpaired) electrons. The van der Waals surface area contributed by atoms with E-state index in [0.29, 0.717) is 0 Å². The first-order chi connectivity index (χ1) is 6.95. The van der Waals surface area contributed by atoms with Crippen LogP contribution in [-0.4, -0.2) is 16.5 Å². The van der Waals surface area contributed by atoms with Crippen LogP contribution in [-0.2, 0) is 6.54 Å². The first-order valence-electron chi connectivity index (χ1n) is 5.40. The highest BCUT2D eigenvalue weighted by Gasteiger charge is 2.15. The molecule has 0 aliphatic heterocycles. The molecule has 76 valence electrons. The standard InChI is InChI=1S/C11H17N3/c1-2-10(3-1)4-5-12-6-11-7-13-9-14-8-11/h7-10,12H,1-6H2. The van der Waals surface area contributed by atoms with E-state index in [9.17, 15) is 0 Å². The van der Waals surface area contributed by atoms with Gasteiger partial charge in [0.05, 0.1) is 0 Å². The quantitative estimate of drug-likeness (QED) is 0.721. The van der Waals surface area contributed by atoms with Crippen molar-refractivity contribution in [2.75, 3.05) is 6.54 Å². The Bertz CT molecular complexity index is 256. The van der Waals surface area contributed by atoms with Crippen LogP contribution in [0.5, 0.6) is 0 Å². The van der Waals surface area contributed by atoms with Crippen molar-refractivity contribution in [3.63, 3.8) is 0 Å². The Morgan fingerprint density at radius 1 is 1.29 bits per heavy atom. The molecule has 0 bridgehead atoms. The number of hydrogen-bond donors (Lipinski definition) is 1. The van der Waals surface area contributed by atoms with Crippen LogP contribution in [0.2, 0.25) is 0 Å². The van der Waals surface area contributed by atoms with Gasteiger partial charge in [0.15, 0.2) is 0 Å². The molecule has 1 aromatic rings. The Morgan fingerprint density at radius 2 is 2.07 bits per heavy atom. The van der Waals surface area contributed by atoms with E-state index >= 15 is 0 Å². The molecule has 0 atom stereocenters. The lowest BCUT2D eigenvalue weighted by molar-refractivity contribution is 0.292. The first kappa shape index (κ1) is 9.59. The highest BCUT2D eigenvalue weighted by molar-refractivity contribution is 5.01. The van der Waals surface area contributed by atoms with Crippen LogP contribution in [0.1, 0.15) is 31.2 Å². The third-order valence-corrected chi connectivity index (χ3v) is 2.90. The maximum absolute atomic E-state index is 3.97. The van der Waals surface area contributed by atoms with Crippen LogP contribution in [0.3, 0.4) is 0 Å². The highest BCUT2D eigenvalue weighted by Crippen LogP contribution is 2.28. The maximum Gasteiger partial charge on any atom is 0.115 e. The lowest BCUT2D eigenvalue weighted by atomic mass is 9.83. The van der Waals surface area contributed by atoms with Crippen LogP contribution in [0, 0.1) is 5.92 Å². The molecule has 1 aliphatic carbocycles. The predicted molar refractivity (Wildman–Crippen MR) is 55.7 cm³/mol. The lowest BCUT2D eigenvalue weighted by Gasteiger charge is -2.25. The van der Waals surface area contributed by atoms with E-state index in [4.69, 9.17) is 0 Å². The van der Waals surface area contributed by atoms with E-state index < -0.39 is 0 Å². The highest BCUT2D eigenvalue weighted by atomic mass is 14.9. The summed E-state index contributed by atoms with van der Waals surface area (Å²) in [6.07, 6.45) is 10.9. The summed E-state index contributed by atoms with van der Waals surface area (Å²) in [5, 5.41) is 3.42. The third-order valence-electron chi connectivity index (χ3n) is 2.90. The molecule has 1 aliphatic rings. The Morgan fingerprint density at radius 3 is 2.71 bits per heavy atom. The van der Waals surface area contributed by atoms with Gasteiger partial charge in [0.25, 0.3) is 0 Å². The van der Waals surface area contributed by atoms with E-state index in [2.05, 4.69) is 15.3 Å². The van der Waals surface area contributed by atoms with Gasteiger partial charge in [-0.05, 0) is 18.9 Å². The van der Waals surface area contributed by atoms with Gasteiger partial charge in [-0.25, -0.2) is 9.97 Å². The predicted octanol–water partition coefficient (Wildman–Crippen LogP) is 1.76. The van der Waals surface area contributed by atoms with E-state index in [0.717, 1.165) is 19.0 Å². The monoisotopic (exact) mass is 191 g/mol. The van der Waals surface area contributed by atoms with Gasteiger partial charge in [-0.1, -0.05) is 19.3 Å². The molecule has 0 amide bonds. The third kappa shape index (κ3) is 2.77. The van der Waals surface area contributed by atoms with E-state index in [1.165, 1.54) is 31.2 Å². The average molecular weight is 191 g/mol. The summed E-state index contributed by atoms with van der Waals surface area (Å²) >= 11 is 0. The van der Waals surface area contributed by atoms with Crippen LogP contribution in [0.4, 0.5) is 0 Å². The fourth-order valence-electron chi connectivity index (χ4n) is 1.74. The topological polar surface area (TPSA) is 37.8 Å². The minimum absolute atomic E-state index is 0.896. The van der Waals surface area contributed by atoms with E-state index in [-0.39, 0.29) is 0 Å². The average Bonchev–Trinajstić information content (AvgIpc) is 2.16. The molecule has 1 N–H and O–H groups in total. The smallest absolute Gasteiger partial charge is 0.115 e. The molecule has 1 saturated carbocycles. The Hall–Kier alpha value is -0.960. The molecule has 0 aromatic carbocycles. The van der Waals surface area contributed by atoms with E-state index in [1.807, 2.05) is 12.4 Å². The van der Waals surface area contributed by atoms with Crippen molar-refractivity contribution in [1.82, 2.24) is 15.3 Å². The van der Waals surface area contributed by atoms with Crippen LogP contribution in [0.25, 0.3) is 0 Å². The Kier molecular flexibility index (Phi) is 3.46. The largest absolute Gasteiger partial charge is 0.313 e. The second kappa shape index (κ2) is 5.05. The summed E-state index contributed by atoms with van der Waals surface area (Å²) in [6, 6.07) is 0. The molecule has 3 nitrogen and oxygen atoms in total. The summed E-state index contributed by atoms with van der Waals surface area (Å²) in [7, 11) is 0. The van der Waals surface area contributed by atoms with Crippen molar-refractivity contribution in [2.45, 2.75) is 32.2 Å². The molecule has 0 saturated heterocycles. The first-order valence-corrected chi connectivity index (χ1v) is 5.40. The fourth-order valence-corrected chi connectivity index (χ4v) is 1.74. The second-order valence-corrected chi connectivity index (χ2v) is 4.01. The Balaban J connectivity index is 1.58.